The molecule has 0 bridgehead atoms. The molecule has 0 saturated carbocycles. The van der Waals surface area contributed by atoms with Gasteiger partial charge in [-0.15, -0.1) is 0 Å². The van der Waals surface area contributed by atoms with Crippen molar-refractivity contribution in [2.45, 2.75) is 26.3 Å². The summed E-state index contributed by atoms with van der Waals surface area (Å²) in [6.45, 7) is 3.94. The number of carbonyl (C=O) groups excluding carboxylic acids is 1. The largest absolute Gasteiger partial charge is 0.481 e. The molecule has 0 fully saturated rings. The lowest BCUT2D eigenvalue weighted by Gasteiger charge is -2.25. The molecule has 1 unspecified atom stereocenters. The predicted octanol–water partition coefficient (Wildman–Crippen LogP) is 3.72. The average Bonchev–Trinajstić information content (AvgIpc) is 2.39. The first kappa shape index (κ1) is 17.5. The highest BCUT2D eigenvalue weighted by Gasteiger charge is 2.18. The maximum Gasteiger partial charge on any atom is 0.305 e. The van der Waals surface area contributed by atoms with Crippen LogP contribution in [0.5, 0.6) is 0 Å². The van der Waals surface area contributed by atoms with E-state index in [1.54, 1.807) is 38.1 Å². The van der Waals surface area contributed by atoms with E-state index in [4.69, 9.17) is 28.3 Å². The quantitative estimate of drug-likeness (QED) is 0.809. The Morgan fingerprint density at radius 3 is 2.62 bits per heavy atom. The molecule has 1 aromatic rings. The van der Waals surface area contributed by atoms with Crippen LogP contribution in [0.1, 0.15) is 25.8 Å². The topological polar surface area (TPSA) is 57.6 Å². The lowest BCUT2D eigenvalue weighted by atomic mass is 10.1. The Balaban J connectivity index is 2.84. The number of rotatable bonds is 6. The van der Waals surface area contributed by atoms with Crippen LogP contribution in [0.15, 0.2) is 24.3 Å². The molecule has 4 nitrogen and oxygen atoms in total. The molecule has 0 aliphatic rings. The van der Waals surface area contributed by atoms with Crippen LogP contribution in [0.2, 0.25) is 10.0 Å². The molecular formula is C15H17Cl2NO3. The summed E-state index contributed by atoms with van der Waals surface area (Å²) in [5.74, 6) is -1.20. The summed E-state index contributed by atoms with van der Waals surface area (Å²) in [6, 6.07) is 4.60. The average molecular weight is 330 g/mol. The summed E-state index contributed by atoms with van der Waals surface area (Å²) >= 11 is 11.9. The van der Waals surface area contributed by atoms with Crippen molar-refractivity contribution >= 4 is 41.2 Å². The first-order valence-electron chi connectivity index (χ1n) is 6.50. The molecule has 114 valence electrons. The van der Waals surface area contributed by atoms with E-state index in [-0.39, 0.29) is 18.4 Å². The van der Waals surface area contributed by atoms with E-state index in [2.05, 4.69) is 0 Å². The Bertz CT molecular complexity index is 558. The van der Waals surface area contributed by atoms with Crippen LogP contribution < -0.4 is 0 Å². The Morgan fingerprint density at radius 1 is 1.38 bits per heavy atom. The van der Waals surface area contributed by atoms with E-state index >= 15 is 0 Å². The monoisotopic (exact) mass is 329 g/mol. The lowest BCUT2D eigenvalue weighted by molar-refractivity contribution is -0.139. The fourth-order valence-corrected chi connectivity index (χ4v) is 2.31. The number of nitrogens with zero attached hydrogens (tertiary/aromatic N) is 1. The van der Waals surface area contributed by atoms with Crippen LogP contribution >= 0.6 is 23.2 Å². The van der Waals surface area contributed by atoms with Crippen molar-refractivity contribution in [3.63, 3.8) is 0 Å². The van der Waals surface area contributed by atoms with Gasteiger partial charge in [-0.3, -0.25) is 9.59 Å². The van der Waals surface area contributed by atoms with Crippen LogP contribution in [0.25, 0.3) is 6.08 Å². The predicted molar refractivity (Wildman–Crippen MR) is 84.6 cm³/mol. The zero-order valence-corrected chi connectivity index (χ0v) is 13.4. The minimum Gasteiger partial charge on any atom is -0.481 e. The zero-order chi connectivity index (χ0) is 16.0. The van der Waals surface area contributed by atoms with E-state index in [0.717, 1.165) is 0 Å². The van der Waals surface area contributed by atoms with Crippen molar-refractivity contribution < 1.29 is 14.7 Å². The van der Waals surface area contributed by atoms with Gasteiger partial charge in [0.1, 0.15) is 0 Å². The molecule has 1 atom stereocenters. The van der Waals surface area contributed by atoms with Gasteiger partial charge in [0, 0.05) is 28.7 Å². The summed E-state index contributed by atoms with van der Waals surface area (Å²) in [5.41, 5.74) is 0.638. The van der Waals surface area contributed by atoms with Gasteiger partial charge in [-0.25, -0.2) is 0 Å². The number of likely N-dealkylation sites (N-methyl/N-ethyl adjacent to an activating group) is 1. The van der Waals surface area contributed by atoms with Gasteiger partial charge >= 0.3 is 5.97 Å². The molecule has 0 spiro atoms. The number of carbonyl (C=O) groups is 2. The summed E-state index contributed by atoms with van der Waals surface area (Å²) in [4.78, 5) is 24.4. The van der Waals surface area contributed by atoms with Crippen molar-refractivity contribution in [3.8, 4) is 0 Å². The molecule has 1 amide bonds. The van der Waals surface area contributed by atoms with E-state index < -0.39 is 5.97 Å². The Morgan fingerprint density at radius 2 is 2.05 bits per heavy atom. The Hall–Kier alpha value is -1.52. The molecule has 6 heteroatoms. The third-order valence-corrected chi connectivity index (χ3v) is 3.57. The molecule has 1 aromatic carbocycles. The number of carboxylic acid groups (broad SMARTS) is 1. The van der Waals surface area contributed by atoms with E-state index in [1.165, 1.54) is 11.0 Å². The molecule has 1 rings (SSSR count). The molecular weight excluding hydrogens is 313 g/mol. The normalized spacial score (nSPS) is 12.4. The minimum absolute atomic E-state index is 0.0919. The number of hydrogen-bond acceptors (Lipinski definition) is 2. The minimum atomic E-state index is -0.935. The van der Waals surface area contributed by atoms with Crippen LogP contribution in [0.3, 0.4) is 0 Å². The van der Waals surface area contributed by atoms with Crippen LogP contribution in [-0.4, -0.2) is 34.5 Å². The van der Waals surface area contributed by atoms with E-state index in [9.17, 15) is 9.59 Å². The standard InChI is InChI=1S/C15H17Cl2NO3/c1-3-18(10(2)8-15(20)21)14(19)7-4-11-9-12(16)5-6-13(11)17/h4-7,9-10H,3,8H2,1-2H3,(H,20,21). The van der Waals surface area contributed by atoms with Gasteiger partial charge < -0.3 is 10.0 Å². The summed E-state index contributed by atoms with van der Waals surface area (Å²) in [6.07, 6.45) is 2.86. The number of carboxylic acids is 1. The third-order valence-electron chi connectivity index (χ3n) is 2.99. The van der Waals surface area contributed by atoms with Gasteiger partial charge in [-0.05, 0) is 43.7 Å². The SMILES string of the molecule is CCN(C(=O)C=Cc1cc(Cl)ccc1Cl)C(C)CC(=O)O. The zero-order valence-electron chi connectivity index (χ0n) is 11.8. The fourth-order valence-electron chi connectivity index (χ4n) is 1.95. The second kappa shape index (κ2) is 8.05. The van der Waals surface area contributed by atoms with Crippen molar-refractivity contribution in [2.75, 3.05) is 6.54 Å². The first-order chi connectivity index (χ1) is 9.85. The number of benzene rings is 1. The molecule has 0 heterocycles. The van der Waals surface area contributed by atoms with Crippen molar-refractivity contribution in [1.82, 2.24) is 4.90 Å². The van der Waals surface area contributed by atoms with Gasteiger partial charge in [-0.2, -0.15) is 0 Å². The molecule has 0 aromatic heterocycles. The molecule has 0 aliphatic heterocycles. The van der Waals surface area contributed by atoms with Crippen molar-refractivity contribution in [1.29, 1.82) is 0 Å². The maximum atomic E-state index is 12.1. The highest BCUT2D eigenvalue weighted by atomic mass is 35.5. The summed E-state index contributed by atoms with van der Waals surface area (Å²) in [5, 5.41) is 9.81. The van der Waals surface area contributed by atoms with Crippen LogP contribution in [0.4, 0.5) is 0 Å². The van der Waals surface area contributed by atoms with Crippen LogP contribution in [-0.2, 0) is 9.59 Å². The van der Waals surface area contributed by atoms with E-state index in [1.807, 2.05) is 0 Å². The van der Waals surface area contributed by atoms with Gasteiger partial charge in [0.2, 0.25) is 5.91 Å². The Kier molecular flexibility index (Phi) is 6.72. The van der Waals surface area contributed by atoms with Gasteiger partial charge in [-0.1, -0.05) is 23.2 Å². The third kappa shape index (κ3) is 5.40. The molecule has 0 saturated heterocycles. The number of hydrogen-bond donors (Lipinski definition) is 1. The van der Waals surface area contributed by atoms with Gasteiger partial charge in [0.25, 0.3) is 0 Å². The highest BCUT2D eigenvalue weighted by Crippen LogP contribution is 2.22. The lowest BCUT2D eigenvalue weighted by Crippen LogP contribution is -2.38. The molecule has 21 heavy (non-hydrogen) atoms. The maximum absolute atomic E-state index is 12.1. The highest BCUT2D eigenvalue weighted by molar-refractivity contribution is 6.34. The van der Waals surface area contributed by atoms with Crippen molar-refractivity contribution in [3.05, 3.63) is 39.9 Å². The number of amides is 1. The number of aliphatic carboxylic acids is 1. The first-order valence-corrected chi connectivity index (χ1v) is 7.26. The second-order valence-electron chi connectivity index (χ2n) is 4.57. The van der Waals surface area contributed by atoms with E-state index in [0.29, 0.717) is 22.2 Å². The molecule has 0 radical (unpaired) electrons. The van der Waals surface area contributed by atoms with Gasteiger partial charge in [0.15, 0.2) is 0 Å². The Labute approximate surface area is 134 Å². The second-order valence-corrected chi connectivity index (χ2v) is 5.41. The summed E-state index contributed by atoms with van der Waals surface area (Å²) < 4.78 is 0. The smallest absolute Gasteiger partial charge is 0.305 e. The van der Waals surface area contributed by atoms with Gasteiger partial charge in [0.05, 0.1) is 6.42 Å². The number of halogens is 2. The fraction of sp³-hybridized carbons (Fsp3) is 0.333. The van der Waals surface area contributed by atoms with Crippen molar-refractivity contribution in [2.24, 2.45) is 0 Å². The molecule has 0 aliphatic carbocycles. The summed E-state index contributed by atoms with van der Waals surface area (Å²) in [7, 11) is 0. The van der Waals surface area contributed by atoms with Crippen LogP contribution in [0, 0.1) is 0 Å². The molecule has 1 N–H and O–H groups in total.